The number of carbonyl (C=O) groups is 1. The summed E-state index contributed by atoms with van der Waals surface area (Å²) in [5.74, 6) is 2.09. The van der Waals surface area contributed by atoms with E-state index in [1.54, 1.807) is 26.6 Å². The van der Waals surface area contributed by atoms with Crippen LogP contribution in [0.3, 0.4) is 0 Å². The topological polar surface area (TPSA) is 51.7 Å². The van der Waals surface area contributed by atoms with Crippen LogP contribution in [-0.4, -0.2) is 43.1 Å². The minimum Gasteiger partial charge on any atom is -0.493 e. The molecule has 0 bridgehead atoms. The van der Waals surface area contributed by atoms with Crippen molar-refractivity contribution in [1.29, 1.82) is 0 Å². The molecular weight excluding hydrogens is 400 g/mol. The minimum atomic E-state index is 0.0651. The lowest BCUT2D eigenvalue weighted by molar-refractivity contribution is 0.0750. The Kier molecular flexibility index (Phi) is 6.74. The zero-order valence-corrected chi connectivity index (χ0v) is 19.0. The van der Waals surface area contributed by atoms with Gasteiger partial charge >= 0.3 is 0 Å². The lowest BCUT2D eigenvalue weighted by atomic mass is 10.00. The number of amides is 1. The molecule has 0 unspecified atom stereocenters. The summed E-state index contributed by atoms with van der Waals surface area (Å²) in [5.41, 5.74) is 4.90. The molecule has 1 heterocycles. The van der Waals surface area contributed by atoms with Crippen LogP contribution in [0, 0.1) is 12.8 Å². The average Bonchev–Trinajstić information content (AvgIpc) is 3.66. The summed E-state index contributed by atoms with van der Waals surface area (Å²) in [6.45, 7) is 3.51. The molecule has 1 fully saturated rings. The number of hydrogen-bond donors (Lipinski definition) is 0. The van der Waals surface area contributed by atoms with Crippen molar-refractivity contribution in [3.8, 4) is 22.6 Å². The summed E-state index contributed by atoms with van der Waals surface area (Å²) in [6.07, 6.45) is 6.64. The van der Waals surface area contributed by atoms with Gasteiger partial charge in [0.05, 0.1) is 19.8 Å². The summed E-state index contributed by atoms with van der Waals surface area (Å²) in [5, 5.41) is 0. The molecule has 0 spiro atoms. The molecule has 0 radical (unpaired) electrons. The van der Waals surface area contributed by atoms with Crippen molar-refractivity contribution in [2.24, 2.45) is 5.92 Å². The molecule has 3 aromatic rings. The van der Waals surface area contributed by atoms with Crippen molar-refractivity contribution in [2.75, 3.05) is 27.3 Å². The van der Waals surface area contributed by atoms with Crippen LogP contribution in [0.25, 0.3) is 11.1 Å². The molecule has 1 saturated carbocycles. The average molecular weight is 431 g/mol. The SMILES string of the molecule is COc1ccc(CCN(CC2CC2)C(=O)c2ccncc2-c2ccc(C)cc2)cc1OC. The van der Waals surface area contributed by atoms with Crippen LogP contribution in [-0.2, 0) is 6.42 Å². The molecule has 32 heavy (non-hydrogen) atoms. The lowest BCUT2D eigenvalue weighted by Gasteiger charge is -2.24. The number of pyridine rings is 1. The van der Waals surface area contributed by atoms with Crippen molar-refractivity contribution in [1.82, 2.24) is 9.88 Å². The van der Waals surface area contributed by atoms with E-state index in [4.69, 9.17) is 9.47 Å². The van der Waals surface area contributed by atoms with Crippen LogP contribution in [0.15, 0.2) is 60.9 Å². The maximum Gasteiger partial charge on any atom is 0.254 e. The highest BCUT2D eigenvalue weighted by Gasteiger charge is 2.28. The highest BCUT2D eigenvalue weighted by molar-refractivity contribution is 6.00. The first-order valence-electron chi connectivity index (χ1n) is 11.1. The van der Waals surface area contributed by atoms with Crippen LogP contribution in [0.5, 0.6) is 11.5 Å². The van der Waals surface area contributed by atoms with E-state index in [9.17, 15) is 4.79 Å². The van der Waals surface area contributed by atoms with E-state index in [1.165, 1.54) is 18.4 Å². The monoisotopic (exact) mass is 430 g/mol. The molecule has 2 aromatic carbocycles. The fourth-order valence-corrected chi connectivity index (χ4v) is 3.90. The van der Waals surface area contributed by atoms with Crippen LogP contribution < -0.4 is 9.47 Å². The van der Waals surface area contributed by atoms with E-state index in [-0.39, 0.29) is 5.91 Å². The van der Waals surface area contributed by atoms with Crippen molar-refractivity contribution < 1.29 is 14.3 Å². The first kappa shape index (κ1) is 21.9. The lowest BCUT2D eigenvalue weighted by Crippen LogP contribution is -2.35. The van der Waals surface area contributed by atoms with Gasteiger partial charge in [-0.15, -0.1) is 0 Å². The third-order valence-electron chi connectivity index (χ3n) is 6.00. The number of carbonyl (C=O) groups excluding carboxylic acids is 1. The van der Waals surface area contributed by atoms with Crippen molar-refractivity contribution in [2.45, 2.75) is 26.2 Å². The van der Waals surface area contributed by atoms with E-state index in [2.05, 4.69) is 36.2 Å². The normalized spacial score (nSPS) is 13.0. The summed E-state index contributed by atoms with van der Waals surface area (Å²) < 4.78 is 10.8. The minimum absolute atomic E-state index is 0.0651. The third kappa shape index (κ3) is 5.10. The van der Waals surface area contributed by atoms with Gasteiger partial charge in [0.25, 0.3) is 5.91 Å². The zero-order chi connectivity index (χ0) is 22.5. The van der Waals surface area contributed by atoms with Crippen molar-refractivity contribution in [3.05, 3.63) is 77.6 Å². The molecule has 1 aliphatic carbocycles. The van der Waals surface area contributed by atoms with E-state index < -0.39 is 0 Å². The quantitative estimate of drug-likeness (QED) is 0.470. The molecular formula is C27H30N2O3. The summed E-state index contributed by atoms with van der Waals surface area (Å²) in [6, 6.07) is 16.0. The highest BCUT2D eigenvalue weighted by Crippen LogP contribution is 2.32. The maximum absolute atomic E-state index is 13.7. The summed E-state index contributed by atoms with van der Waals surface area (Å²) in [4.78, 5) is 20.0. The van der Waals surface area contributed by atoms with Gasteiger partial charge in [0.15, 0.2) is 11.5 Å². The van der Waals surface area contributed by atoms with Gasteiger partial charge in [-0.1, -0.05) is 35.9 Å². The fraction of sp³-hybridized carbons (Fsp3) is 0.333. The van der Waals surface area contributed by atoms with E-state index in [1.807, 2.05) is 29.2 Å². The molecule has 0 saturated heterocycles. The van der Waals surface area contributed by atoms with Gasteiger partial charge in [0, 0.05) is 31.0 Å². The highest BCUT2D eigenvalue weighted by atomic mass is 16.5. The maximum atomic E-state index is 13.7. The fourth-order valence-electron chi connectivity index (χ4n) is 3.90. The molecule has 1 aliphatic rings. The largest absolute Gasteiger partial charge is 0.493 e. The third-order valence-corrected chi connectivity index (χ3v) is 6.00. The van der Waals surface area contributed by atoms with E-state index >= 15 is 0 Å². The molecule has 5 nitrogen and oxygen atoms in total. The number of rotatable bonds is 9. The summed E-state index contributed by atoms with van der Waals surface area (Å²) in [7, 11) is 3.27. The van der Waals surface area contributed by atoms with Crippen LogP contribution in [0.1, 0.15) is 34.3 Å². The Bertz CT molecular complexity index is 1070. The molecule has 0 atom stereocenters. The molecule has 166 valence electrons. The molecule has 0 N–H and O–H groups in total. The molecule has 0 aliphatic heterocycles. The standard InChI is InChI=1S/C27H30N2O3/c1-19-4-9-22(10-5-19)24-17-28-14-12-23(24)27(30)29(18-21-6-7-21)15-13-20-8-11-25(31-2)26(16-20)32-3/h4-5,8-12,14,16-17,21H,6-7,13,15,18H2,1-3H3. The predicted molar refractivity (Wildman–Crippen MR) is 126 cm³/mol. The van der Waals surface area contributed by atoms with Crippen molar-refractivity contribution >= 4 is 5.91 Å². The zero-order valence-electron chi connectivity index (χ0n) is 19.0. The number of hydrogen-bond acceptors (Lipinski definition) is 4. The summed E-state index contributed by atoms with van der Waals surface area (Å²) >= 11 is 0. The Balaban J connectivity index is 1.56. The Hall–Kier alpha value is -3.34. The van der Waals surface area contributed by atoms with Gasteiger partial charge in [0.1, 0.15) is 0 Å². The second kappa shape index (κ2) is 9.86. The Labute approximate surface area is 190 Å². The number of aromatic nitrogens is 1. The van der Waals surface area contributed by atoms with Crippen LogP contribution in [0.2, 0.25) is 0 Å². The number of ether oxygens (including phenoxy) is 2. The van der Waals surface area contributed by atoms with Gasteiger partial charge in [0.2, 0.25) is 0 Å². The Morgan fingerprint density at radius 2 is 1.78 bits per heavy atom. The van der Waals surface area contributed by atoms with Gasteiger partial charge in [-0.3, -0.25) is 9.78 Å². The smallest absolute Gasteiger partial charge is 0.254 e. The molecule has 1 aromatic heterocycles. The van der Waals surface area contributed by atoms with Gasteiger partial charge < -0.3 is 14.4 Å². The number of aryl methyl sites for hydroxylation is 1. The van der Waals surface area contributed by atoms with Gasteiger partial charge in [-0.2, -0.15) is 0 Å². The Morgan fingerprint density at radius 1 is 1.03 bits per heavy atom. The first-order valence-corrected chi connectivity index (χ1v) is 11.1. The number of methoxy groups -OCH3 is 2. The second-order valence-electron chi connectivity index (χ2n) is 8.42. The molecule has 5 heteroatoms. The molecule has 1 amide bonds. The van der Waals surface area contributed by atoms with E-state index in [0.717, 1.165) is 29.7 Å². The predicted octanol–water partition coefficient (Wildman–Crippen LogP) is 5.17. The van der Waals surface area contributed by atoms with Crippen LogP contribution in [0.4, 0.5) is 0 Å². The second-order valence-corrected chi connectivity index (χ2v) is 8.42. The Morgan fingerprint density at radius 3 is 2.47 bits per heavy atom. The van der Waals surface area contributed by atoms with E-state index in [0.29, 0.717) is 29.5 Å². The first-order chi connectivity index (χ1) is 15.6. The van der Waals surface area contributed by atoms with Crippen molar-refractivity contribution in [3.63, 3.8) is 0 Å². The van der Waals surface area contributed by atoms with Gasteiger partial charge in [-0.25, -0.2) is 0 Å². The molecule has 4 rings (SSSR count). The van der Waals surface area contributed by atoms with Gasteiger partial charge in [-0.05, 0) is 61.4 Å². The number of benzene rings is 2. The number of nitrogens with zero attached hydrogens (tertiary/aromatic N) is 2. The van der Waals surface area contributed by atoms with Crippen LogP contribution >= 0.6 is 0 Å².